The average molecular weight is 404 g/mol. The SMILES string of the molecule is CCCc1cc(=O)oc2c3c(ccc12)OCN(Cc1ccc(Cl)c(Cl)c1)C3. The lowest BCUT2D eigenvalue weighted by Gasteiger charge is -2.29. The van der Waals surface area contributed by atoms with E-state index < -0.39 is 0 Å². The molecule has 0 radical (unpaired) electrons. The van der Waals surface area contributed by atoms with Crippen LogP contribution in [0.4, 0.5) is 0 Å². The molecule has 1 aliphatic rings. The van der Waals surface area contributed by atoms with E-state index in [9.17, 15) is 4.79 Å². The van der Waals surface area contributed by atoms with Crippen molar-refractivity contribution in [3.8, 4) is 5.75 Å². The van der Waals surface area contributed by atoms with Crippen LogP contribution in [-0.2, 0) is 19.5 Å². The number of aryl methyl sites for hydroxylation is 1. The maximum Gasteiger partial charge on any atom is 0.336 e. The van der Waals surface area contributed by atoms with Crippen LogP contribution >= 0.6 is 23.2 Å². The van der Waals surface area contributed by atoms with Crippen LogP contribution in [0.5, 0.6) is 5.75 Å². The van der Waals surface area contributed by atoms with Crippen LogP contribution in [0.1, 0.15) is 30.0 Å². The van der Waals surface area contributed by atoms with Crippen LogP contribution < -0.4 is 10.4 Å². The fourth-order valence-electron chi connectivity index (χ4n) is 3.52. The Morgan fingerprint density at radius 2 is 1.96 bits per heavy atom. The number of hydrogen-bond acceptors (Lipinski definition) is 4. The summed E-state index contributed by atoms with van der Waals surface area (Å²) in [5, 5.41) is 2.06. The topological polar surface area (TPSA) is 42.7 Å². The average Bonchev–Trinajstić information content (AvgIpc) is 2.65. The van der Waals surface area contributed by atoms with Crippen molar-refractivity contribution < 1.29 is 9.15 Å². The third-order valence-corrected chi connectivity index (χ3v) is 5.49. The Hall–Kier alpha value is -2.01. The van der Waals surface area contributed by atoms with Crippen molar-refractivity contribution in [1.82, 2.24) is 4.90 Å². The number of rotatable bonds is 4. The second-order valence-electron chi connectivity index (χ2n) is 6.77. The van der Waals surface area contributed by atoms with E-state index in [4.69, 9.17) is 32.4 Å². The van der Waals surface area contributed by atoms with Gasteiger partial charge in [-0.1, -0.05) is 42.6 Å². The Labute approximate surface area is 167 Å². The molecule has 4 nitrogen and oxygen atoms in total. The summed E-state index contributed by atoms with van der Waals surface area (Å²) in [6, 6.07) is 11.1. The summed E-state index contributed by atoms with van der Waals surface area (Å²) in [5.41, 5.74) is 3.29. The van der Waals surface area contributed by atoms with Gasteiger partial charge in [0, 0.05) is 24.5 Å². The fraction of sp³-hybridized carbons (Fsp3) is 0.286. The Kier molecular flexibility index (Phi) is 5.13. The van der Waals surface area contributed by atoms with Crippen molar-refractivity contribution >= 4 is 34.2 Å². The van der Waals surface area contributed by atoms with Gasteiger partial charge in [-0.2, -0.15) is 0 Å². The molecule has 27 heavy (non-hydrogen) atoms. The van der Waals surface area contributed by atoms with E-state index in [0.29, 0.717) is 35.4 Å². The predicted octanol–water partition coefficient (Wildman–Crippen LogP) is 5.40. The second-order valence-corrected chi connectivity index (χ2v) is 7.58. The molecule has 3 aromatic rings. The van der Waals surface area contributed by atoms with Crippen LogP contribution in [0.2, 0.25) is 10.0 Å². The number of benzene rings is 2. The van der Waals surface area contributed by atoms with Crippen LogP contribution in [0, 0.1) is 0 Å². The molecule has 0 saturated carbocycles. The molecule has 1 aromatic heterocycles. The molecule has 0 amide bonds. The maximum atomic E-state index is 12.1. The zero-order valence-corrected chi connectivity index (χ0v) is 16.4. The first-order valence-electron chi connectivity index (χ1n) is 8.93. The molecule has 0 atom stereocenters. The second kappa shape index (κ2) is 7.55. The van der Waals surface area contributed by atoms with Gasteiger partial charge in [0.05, 0.1) is 15.6 Å². The van der Waals surface area contributed by atoms with Crippen molar-refractivity contribution in [1.29, 1.82) is 0 Å². The highest BCUT2D eigenvalue weighted by atomic mass is 35.5. The largest absolute Gasteiger partial charge is 0.478 e. The molecule has 0 saturated heterocycles. The summed E-state index contributed by atoms with van der Waals surface area (Å²) in [7, 11) is 0. The molecule has 0 spiro atoms. The first-order valence-corrected chi connectivity index (χ1v) is 9.68. The zero-order chi connectivity index (χ0) is 19.0. The van der Waals surface area contributed by atoms with Gasteiger partial charge in [0.1, 0.15) is 18.1 Å². The predicted molar refractivity (Wildman–Crippen MR) is 108 cm³/mol. The van der Waals surface area contributed by atoms with Gasteiger partial charge in [0.15, 0.2) is 0 Å². The molecule has 0 fully saturated rings. The lowest BCUT2D eigenvalue weighted by molar-refractivity contribution is 0.0889. The standard InChI is InChI=1S/C21H19Cl2NO3/c1-2-3-14-9-20(25)27-21-15(14)5-7-19-16(21)11-24(12-26-19)10-13-4-6-17(22)18(23)8-13/h4-9H,2-3,10-12H2,1H3. The smallest absolute Gasteiger partial charge is 0.336 e. The van der Waals surface area contributed by atoms with E-state index in [0.717, 1.165) is 40.7 Å². The molecule has 140 valence electrons. The Morgan fingerprint density at radius 3 is 2.74 bits per heavy atom. The first kappa shape index (κ1) is 18.4. The van der Waals surface area contributed by atoms with Gasteiger partial charge < -0.3 is 9.15 Å². The Morgan fingerprint density at radius 1 is 1.11 bits per heavy atom. The summed E-state index contributed by atoms with van der Waals surface area (Å²) < 4.78 is 11.5. The van der Waals surface area contributed by atoms with Crippen LogP contribution in [0.3, 0.4) is 0 Å². The number of ether oxygens (including phenoxy) is 1. The van der Waals surface area contributed by atoms with E-state index in [1.807, 2.05) is 24.3 Å². The molecule has 0 N–H and O–H groups in total. The summed E-state index contributed by atoms with van der Waals surface area (Å²) in [6.45, 7) is 3.84. The highest BCUT2D eigenvalue weighted by Gasteiger charge is 2.22. The zero-order valence-electron chi connectivity index (χ0n) is 14.9. The molecule has 2 heterocycles. The normalized spacial score (nSPS) is 14.2. The van der Waals surface area contributed by atoms with E-state index in [2.05, 4.69) is 11.8 Å². The maximum absolute atomic E-state index is 12.1. The van der Waals surface area contributed by atoms with Crippen molar-refractivity contribution in [2.45, 2.75) is 32.9 Å². The molecule has 4 rings (SSSR count). The Bertz CT molecular complexity index is 1060. The number of nitrogens with zero attached hydrogens (tertiary/aromatic N) is 1. The van der Waals surface area contributed by atoms with Crippen LogP contribution in [0.25, 0.3) is 11.0 Å². The van der Waals surface area contributed by atoms with Gasteiger partial charge in [-0.3, -0.25) is 4.90 Å². The minimum Gasteiger partial charge on any atom is -0.478 e. The minimum atomic E-state index is -0.319. The quantitative estimate of drug-likeness (QED) is 0.546. The fourth-order valence-corrected chi connectivity index (χ4v) is 3.84. The summed E-state index contributed by atoms with van der Waals surface area (Å²) in [5.74, 6) is 0.768. The van der Waals surface area contributed by atoms with Gasteiger partial charge in [0.25, 0.3) is 0 Å². The van der Waals surface area contributed by atoms with Gasteiger partial charge >= 0.3 is 5.63 Å². The van der Waals surface area contributed by atoms with E-state index in [1.165, 1.54) is 0 Å². The lowest BCUT2D eigenvalue weighted by atomic mass is 10.0. The van der Waals surface area contributed by atoms with E-state index in [-0.39, 0.29) is 5.63 Å². The molecule has 0 unspecified atom stereocenters. The minimum absolute atomic E-state index is 0.319. The summed E-state index contributed by atoms with van der Waals surface area (Å²) in [6.07, 6.45) is 1.81. The van der Waals surface area contributed by atoms with Crippen molar-refractivity contribution in [2.24, 2.45) is 0 Å². The molecule has 2 aromatic carbocycles. The summed E-state index contributed by atoms with van der Waals surface area (Å²) >= 11 is 12.1. The molecule has 6 heteroatoms. The highest BCUT2D eigenvalue weighted by molar-refractivity contribution is 6.42. The van der Waals surface area contributed by atoms with Gasteiger partial charge in [0.2, 0.25) is 0 Å². The van der Waals surface area contributed by atoms with Gasteiger partial charge in [-0.15, -0.1) is 0 Å². The van der Waals surface area contributed by atoms with Gasteiger partial charge in [-0.25, -0.2) is 4.79 Å². The van der Waals surface area contributed by atoms with E-state index in [1.54, 1.807) is 12.1 Å². The number of halogens is 2. The monoisotopic (exact) mass is 403 g/mol. The molecular weight excluding hydrogens is 385 g/mol. The number of fused-ring (bicyclic) bond motifs is 3. The highest BCUT2D eigenvalue weighted by Crippen LogP contribution is 2.34. The molecule has 1 aliphatic heterocycles. The van der Waals surface area contributed by atoms with Crippen molar-refractivity contribution in [2.75, 3.05) is 6.73 Å². The van der Waals surface area contributed by atoms with Gasteiger partial charge in [-0.05, 0) is 41.8 Å². The Balaban J connectivity index is 1.69. The molecular formula is C21H19Cl2NO3. The molecule has 0 aliphatic carbocycles. The third kappa shape index (κ3) is 3.70. The molecule has 0 bridgehead atoms. The third-order valence-electron chi connectivity index (χ3n) is 4.75. The van der Waals surface area contributed by atoms with Crippen LogP contribution in [0.15, 0.2) is 45.6 Å². The first-order chi connectivity index (χ1) is 13.0. The summed E-state index contributed by atoms with van der Waals surface area (Å²) in [4.78, 5) is 14.2. The lowest BCUT2D eigenvalue weighted by Crippen LogP contribution is -2.31. The van der Waals surface area contributed by atoms with Crippen LogP contribution in [-0.4, -0.2) is 11.6 Å². The number of hydrogen-bond donors (Lipinski definition) is 0. The van der Waals surface area contributed by atoms with E-state index >= 15 is 0 Å². The van der Waals surface area contributed by atoms with Crippen molar-refractivity contribution in [3.63, 3.8) is 0 Å². The van der Waals surface area contributed by atoms with Crippen molar-refractivity contribution in [3.05, 3.63) is 73.6 Å².